The first kappa shape index (κ1) is 14.6. The van der Waals surface area contributed by atoms with E-state index in [2.05, 4.69) is 36.9 Å². The Morgan fingerprint density at radius 2 is 2.10 bits per heavy atom. The van der Waals surface area contributed by atoms with Gasteiger partial charge >= 0.3 is 0 Å². The Balaban J connectivity index is 1.62. The molecule has 2 aliphatic rings. The maximum Gasteiger partial charge on any atom is 0.241 e. The quantitative estimate of drug-likeness (QED) is 0.802. The Kier molecular flexibility index (Phi) is 4.29. The highest BCUT2D eigenvalue weighted by atomic mass is 16.2. The van der Waals surface area contributed by atoms with Gasteiger partial charge in [-0.25, -0.2) is 0 Å². The van der Waals surface area contributed by atoms with Crippen molar-refractivity contribution in [1.82, 2.24) is 4.90 Å². The fourth-order valence-corrected chi connectivity index (χ4v) is 3.11. The van der Waals surface area contributed by atoms with Gasteiger partial charge < -0.3 is 4.90 Å². The summed E-state index contributed by atoms with van der Waals surface area (Å²) in [4.78, 5) is 17.1. The smallest absolute Gasteiger partial charge is 0.241 e. The summed E-state index contributed by atoms with van der Waals surface area (Å²) >= 11 is 0. The SMILES string of the molecule is CC(C)CCN(CC(=O)N1CCc2ccccc21)C1CC1. The standard InChI is InChI=1S/C18H26N2O/c1-14(2)9-11-19(16-7-8-16)13-18(21)20-12-10-15-5-3-4-6-17(15)20/h3-6,14,16H,7-13H2,1-2H3. The predicted octanol–water partition coefficient (Wildman–Crippen LogP) is 3.09. The number of hydrogen-bond donors (Lipinski definition) is 0. The van der Waals surface area contributed by atoms with Crippen molar-refractivity contribution in [2.75, 3.05) is 24.5 Å². The molecule has 1 amide bonds. The highest BCUT2D eigenvalue weighted by Gasteiger charge is 2.32. The number of amides is 1. The van der Waals surface area contributed by atoms with Crippen molar-refractivity contribution in [3.8, 4) is 0 Å². The lowest BCUT2D eigenvalue weighted by atomic mass is 10.1. The minimum atomic E-state index is 0.274. The molecule has 0 aromatic heterocycles. The van der Waals surface area contributed by atoms with Crippen molar-refractivity contribution >= 4 is 11.6 Å². The Hall–Kier alpha value is -1.35. The number of anilines is 1. The van der Waals surface area contributed by atoms with Crippen LogP contribution in [-0.4, -0.2) is 36.5 Å². The molecular formula is C18H26N2O. The van der Waals surface area contributed by atoms with Crippen LogP contribution < -0.4 is 4.90 Å². The molecule has 114 valence electrons. The van der Waals surface area contributed by atoms with Crippen LogP contribution in [0.5, 0.6) is 0 Å². The molecule has 1 saturated carbocycles. The van der Waals surface area contributed by atoms with Gasteiger partial charge in [-0.15, -0.1) is 0 Å². The zero-order chi connectivity index (χ0) is 14.8. The molecule has 0 spiro atoms. The molecule has 1 aromatic carbocycles. The minimum absolute atomic E-state index is 0.274. The van der Waals surface area contributed by atoms with Crippen molar-refractivity contribution < 1.29 is 4.79 Å². The van der Waals surface area contributed by atoms with E-state index in [1.54, 1.807) is 0 Å². The summed E-state index contributed by atoms with van der Waals surface area (Å²) in [5, 5.41) is 0. The van der Waals surface area contributed by atoms with Gasteiger partial charge in [0.15, 0.2) is 0 Å². The first-order valence-corrected chi connectivity index (χ1v) is 8.27. The summed E-state index contributed by atoms with van der Waals surface area (Å²) < 4.78 is 0. The number of nitrogens with zero attached hydrogens (tertiary/aromatic N) is 2. The summed E-state index contributed by atoms with van der Waals surface area (Å²) in [5.74, 6) is 0.976. The van der Waals surface area contributed by atoms with Crippen LogP contribution in [0.15, 0.2) is 24.3 Å². The second-order valence-corrected chi connectivity index (χ2v) is 6.81. The largest absolute Gasteiger partial charge is 0.311 e. The first-order valence-electron chi connectivity index (χ1n) is 8.27. The highest BCUT2D eigenvalue weighted by Crippen LogP contribution is 2.30. The summed E-state index contributed by atoms with van der Waals surface area (Å²) in [5.41, 5.74) is 2.44. The van der Waals surface area contributed by atoms with E-state index in [0.717, 1.165) is 25.2 Å². The van der Waals surface area contributed by atoms with Crippen molar-refractivity contribution in [1.29, 1.82) is 0 Å². The van der Waals surface area contributed by atoms with Crippen LogP contribution in [0.4, 0.5) is 5.69 Å². The number of carbonyl (C=O) groups excluding carboxylic acids is 1. The normalized spacial score (nSPS) is 17.6. The maximum absolute atomic E-state index is 12.7. The van der Waals surface area contributed by atoms with E-state index in [-0.39, 0.29) is 5.91 Å². The van der Waals surface area contributed by atoms with Gasteiger partial charge in [-0.05, 0) is 49.8 Å². The van der Waals surface area contributed by atoms with Gasteiger partial charge in [0.2, 0.25) is 5.91 Å². The number of benzene rings is 1. The van der Waals surface area contributed by atoms with Gasteiger partial charge in [0.25, 0.3) is 0 Å². The number of hydrogen-bond acceptors (Lipinski definition) is 2. The third kappa shape index (κ3) is 3.46. The van der Waals surface area contributed by atoms with Crippen LogP contribution in [0.25, 0.3) is 0 Å². The van der Waals surface area contributed by atoms with Crippen LogP contribution in [0.3, 0.4) is 0 Å². The second-order valence-electron chi connectivity index (χ2n) is 6.81. The van der Waals surface area contributed by atoms with E-state index in [4.69, 9.17) is 0 Å². The second kappa shape index (κ2) is 6.18. The van der Waals surface area contributed by atoms with Gasteiger partial charge in [0.1, 0.15) is 0 Å². The highest BCUT2D eigenvalue weighted by molar-refractivity contribution is 5.96. The van der Waals surface area contributed by atoms with Gasteiger partial charge in [-0.2, -0.15) is 0 Å². The Labute approximate surface area is 127 Å². The maximum atomic E-state index is 12.7. The summed E-state index contributed by atoms with van der Waals surface area (Å²) in [6.07, 6.45) is 4.71. The van der Waals surface area contributed by atoms with Crippen LogP contribution in [0.2, 0.25) is 0 Å². The van der Waals surface area contributed by atoms with Crippen LogP contribution in [0.1, 0.15) is 38.7 Å². The molecule has 0 unspecified atom stereocenters. The molecule has 1 aliphatic carbocycles. The predicted molar refractivity (Wildman–Crippen MR) is 86.5 cm³/mol. The molecule has 1 aliphatic heterocycles. The molecule has 0 N–H and O–H groups in total. The molecule has 0 bridgehead atoms. The Morgan fingerprint density at radius 3 is 2.81 bits per heavy atom. The van der Waals surface area contributed by atoms with Crippen molar-refractivity contribution in [2.45, 2.75) is 45.6 Å². The van der Waals surface area contributed by atoms with Crippen LogP contribution >= 0.6 is 0 Å². The van der Waals surface area contributed by atoms with Crippen molar-refractivity contribution in [2.24, 2.45) is 5.92 Å². The molecule has 0 saturated heterocycles. The molecule has 0 atom stereocenters. The average Bonchev–Trinajstić information content (AvgIpc) is 3.22. The molecule has 3 rings (SSSR count). The van der Waals surface area contributed by atoms with Crippen LogP contribution in [0, 0.1) is 5.92 Å². The van der Waals surface area contributed by atoms with E-state index in [9.17, 15) is 4.79 Å². The van der Waals surface area contributed by atoms with E-state index < -0.39 is 0 Å². The van der Waals surface area contributed by atoms with Crippen molar-refractivity contribution in [3.05, 3.63) is 29.8 Å². The molecule has 1 heterocycles. The zero-order valence-corrected chi connectivity index (χ0v) is 13.2. The number of carbonyl (C=O) groups is 1. The summed E-state index contributed by atoms with van der Waals surface area (Å²) in [6, 6.07) is 8.97. The molecule has 1 fully saturated rings. The monoisotopic (exact) mass is 286 g/mol. The van der Waals surface area contributed by atoms with Crippen molar-refractivity contribution in [3.63, 3.8) is 0 Å². The number of rotatable bonds is 6. The third-order valence-corrected chi connectivity index (χ3v) is 4.58. The molecular weight excluding hydrogens is 260 g/mol. The Morgan fingerprint density at radius 1 is 1.33 bits per heavy atom. The summed E-state index contributed by atoms with van der Waals surface area (Å²) in [6.45, 7) is 7.00. The number of fused-ring (bicyclic) bond motifs is 1. The summed E-state index contributed by atoms with van der Waals surface area (Å²) in [7, 11) is 0. The first-order chi connectivity index (χ1) is 10.1. The van der Waals surface area contributed by atoms with Gasteiger partial charge in [-0.3, -0.25) is 9.69 Å². The lowest BCUT2D eigenvalue weighted by molar-refractivity contribution is -0.119. The topological polar surface area (TPSA) is 23.6 Å². The fraction of sp³-hybridized carbons (Fsp3) is 0.611. The number of para-hydroxylation sites is 1. The zero-order valence-electron chi connectivity index (χ0n) is 13.2. The van der Waals surface area contributed by atoms with Crippen LogP contribution in [-0.2, 0) is 11.2 Å². The van der Waals surface area contributed by atoms with E-state index in [0.29, 0.717) is 18.5 Å². The van der Waals surface area contributed by atoms with E-state index >= 15 is 0 Å². The molecule has 0 radical (unpaired) electrons. The van der Waals surface area contributed by atoms with E-state index in [1.807, 2.05) is 11.0 Å². The lowest BCUT2D eigenvalue weighted by Crippen LogP contribution is -2.41. The molecule has 21 heavy (non-hydrogen) atoms. The average molecular weight is 286 g/mol. The lowest BCUT2D eigenvalue weighted by Gasteiger charge is -2.25. The molecule has 3 heteroatoms. The third-order valence-electron chi connectivity index (χ3n) is 4.58. The molecule has 3 nitrogen and oxygen atoms in total. The molecule has 1 aromatic rings. The Bertz CT molecular complexity index is 508. The minimum Gasteiger partial charge on any atom is -0.311 e. The van der Waals surface area contributed by atoms with Gasteiger partial charge in [0, 0.05) is 18.3 Å². The van der Waals surface area contributed by atoms with Gasteiger partial charge in [0.05, 0.1) is 6.54 Å². The fourth-order valence-electron chi connectivity index (χ4n) is 3.11. The van der Waals surface area contributed by atoms with Gasteiger partial charge in [-0.1, -0.05) is 32.0 Å². The van der Waals surface area contributed by atoms with E-state index in [1.165, 1.54) is 24.8 Å².